The maximum absolute atomic E-state index is 13.0. The number of piperidine rings is 2. The number of hydrogen-bond donors (Lipinski definition) is 1. The van der Waals surface area contributed by atoms with Crippen LogP contribution in [0.2, 0.25) is 0 Å². The molecular formula is C52H71ClN6O6S2. The summed E-state index contributed by atoms with van der Waals surface area (Å²) >= 11 is 0. The normalized spacial score (nSPS) is 23.1. The lowest BCUT2D eigenvalue weighted by molar-refractivity contribution is -0.119. The number of anilines is 2. The Morgan fingerprint density at radius 1 is 0.627 bits per heavy atom. The molecular weight excluding hydrogens is 904 g/mol. The lowest BCUT2D eigenvalue weighted by Gasteiger charge is -2.46. The second-order valence-electron chi connectivity index (χ2n) is 18.9. The van der Waals surface area contributed by atoms with Crippen LogP contribution in [0.15, 0.2) is 121 Å². The second kappa shape index (κ2) is 23.9. The summed E-state index contributed by atoms with van der Waals surface area (Å²) in [7, 11) is -1.98. The van der Waals surface area contributed by atoms with Crippen LogP contribution < -0.4 is 15.1 Å². The van der Waals surface area contributed by atoms with Gasteiger partial charge in [-0.05, 0) is 92.5 Å². The van der Waals surface area contributed by atoms with Crippen molar-refractivity contribution in [2.24, 2.45) is 22.7 Å². The highest BCUT2D eigenvalue weighted by Gasteiger charge is 2.53. The molecule has 8 rings (SSSR count). The molecule has 0 aromatic heterocycles. The van der Waals surface area contributed by atoms with Gasteiger partial charge in [0.1, 0.15) is 0 Å². The number of rotatable bonds is 15. The lowest BCUT2D eigenvalue weighted by Crippen LogP contribution is -2.55. The lowest BCUT2D eigenvalue weighted by atomic mass is 9.72. The van der Waals surface area contributed by atoms with E-state index in [4.69, 9.17) is 0 Å². The van der Waals surface area contributed by atoms with E-state index in [0.717, 1.165) is 95.8 Å². The van der Waals surface area contributed by atoms with E-state index in [1.54, 1.807) is 4.31 Å². The third-order valence-electron chi connectivity index (χ3n) is 14.1. The topological polar surface area (TPSA) is 131 Å². The molecule has 0 radical (unpaired) electrons. The van der Waals surface area contributed by atoms with Crippen molar-refractivity contribution in [3.05, 3.63) is 132 Å². The van der Waals surface area contributed by atoms with E-state index in [-0.39, 0.29) is 28.6 Å². The predicted molar refractivity (Wildman–Crippen MR) is 272 cm³/mol. The molecule has 12 nitrogen and oxygen atoms in total. The highest BCUT2D eigenvalue weighted by molar-refractivity contribution is 8.13. The summed E-state index contributed by atoms with van der Waals surface area (Å²) < 4.78 is 45.4. The number of halogens is 1. The van der Waals surface area contributed by atoms with Crippen molar-refractivity contribution in [2.75, 3.05) is 101 Å². The van der Waals surface area contributed by atoms with Gasteiger partial charge in [-0.15, -0.1) is 0 Å². The zero-order chi connectivity index (χ0) is 48.1. The average molecular weight is 976 g/mol. The standard InChI is InChI=1S/C26H35N3O3S.C25H33N3O.CH3ClO2S/c1-3-25(30)29(24-12-8-5-9-13-24)21-26-19-27(16-14-22-10-6-4-7-11-22)17-15-23(26)18-28(20-26)33(2,31)32;1-2-24(29)28(23-11-7-4-8-12-23)20-25-18-26-17-22(25)14-16-27(19-25)15-13-21-9-5-3-6-10-21;1-5(2,3)4/h4-13,23H,3,14-21H2,1-2H3;3-12,22,26H,2,13-20H2,1H3;1H3. The van der Waals surface area contributed by atoms with E-state index in [1.807, 2.05) is 78.2 Å². The van der Waals surface area contributed by atoms with Crippen molar-refractivity contribution in [1.82, 2.24) is 19.4 Å². The molecule has 4 fully saturated rings. The van der Waals surface area contributed by atoms with Crippen LogP contribution in [0.25, 0.3) is 0 Å². The molecule has 4 saturated heterocycles. The summed E-state index contributed by atoms with van der Waals surface area (Å²) in [6.07, 6.45) is 7.41. The van der Waals surface area contributed by atoms with Crippen LogP contribution in [0.4, 0.5) is 11.4 Å². The summed E-state index contributed by atoms with van der Waals surface area (Å²) in [6.45, 7) is 14.3. The summed E-state index contributed by atoms with van der Waals surface area (Å²) in [4.78, 5) is 34.9. The monoisotopic (exact) mass is 974 g/mol. The Hall–Kier alpha value is -4.15. The third-order valence-corrected chi connectivity index (χ3v) is 15.3. The van der Waals surface area contributed by atoms with Crippen molar-refractivity contribution in [2.45, 2.75) is 52.4 Å². The van der Waals surface area contributed by atoms with Gasteiger partial charge in [0.2, 0.25) is 30.9 Å². The summed E-state index contributed by atoms with van der Waals surface area (Å²) in [5, 5.41) is 3.65. The first-order valence-electron chi connectivity index (χ1n) is 23.8. The molecule has 0 bridgehead atoms. The largest absolute Gasteiger partial charge is 0.316 e. The second-order valence-corrected chi connectivity index (χ2v) is 24.0. The zero-order valence-corrected chi connectivity index (χ0v) is 42.2. The number of nitrogens with zero attached hydrogens (tertiary/aromatic N) is 5. The fraction of sp³-hybridized carbons (Fsp3) is 0.500. The molecule has 4 unspecified atom stereocenters. The number of carbonyl (C=O) groups excluding carboxylic acids is 2. The van der Waals surface area contributed by atoms with Gasteiger partial charge in [0.25, 0.3) is 0 Å². The minimum Gasteiger partial charge on any atom is -0.316 e. The number of fused-ring (bicyclic) bond motifs is 2. The molecule has 1 N–H and O–H groups in total. The first-order valence-corrected chi connectivity index (χ1v) is 28.4. The minimum atomic E-state index is -3.29. The molecule has 4 aromatic carbocycles. The van der Waals surface area contributed by atoms with Crippen LogP contribution in [0, 0.1) is 22.7 Å². The van der Waals surface area contributed by atoms with Gasteiger partial charge >= 0.3 is 0 Å². The van der Waals surface area contributed by atoms with Crippen LogP contribution >= 0.6 is 10.7 Å². The molecule has 4 aliphatic rings. The third kappa shape index (κ3) is 14.9. The number of amides is 2. The van der Waals surface area contributed by atoms with Gasteiger partial charge in [0, 0.05) is 105 Å². The first-order chi connectivity index (χ1) is 32.0. The molecule has 2 amide bonds. The van der Waals surface area contributed by atoms with Crippen molar-refractivity contribution in [1.29, 1.82) is 0 Å². The Balaban J connectivity index is 0.000000202. The fourth-order valence-electron chi connectivity index (χ4n) is 10.6. The molecule has 4 aromatic rings. The van der Waals surface area contributed by atoms with Crippen LogP contribution in [-0.2, 0) is 41.5 Å². The van der Waals surface area contributed by atoms with Gasteiger partial charge in [0.15, 0.2) is 0 Å². The predicted octanol–water partition coefficient (Wildman–Crippen LogP) is 7.02. The van der Waals surface area contributed by atoms with Crippen molar-refractivity contribution in [3.63, 3.8) is 0 Å². The van der Waals surface area contributed by atoms with Crippen LogP contribution in [0.3, 0.4) is 0 Å². The minimum absolute atomic E-state index is 0.0774. The van der Waals surface area contributed by atoms with Gasteiger partial charge in [-0.25, -0.2) is 21.1 Å². The number of carbonyl (C=O) groups is 2. The van der Waals surface area contributed by atoms with Gasteiger partial charge < -0.3 is 24.9 Å². The maximum atomic E-state index is 13.0. The van der Waals surface area contributed by atoms with Gasteiger partial charge in [-0.3, -0.25) is 9.59 Å². The number of benzene rings is 4. The maximum Gasteiger partial charge on any atom is 0.229 e. The Kier molecular flexibility index (Phi) is 18.6. The van der Waals surface area contributed by atoms with Crippen LogP contribution in [0.1, 0.15) is 50.7 Å². The quantitative estimate of drug-likeness (QED) is 0.125. The molecule has 67 heavy (non-hydrogen) atoms. The average Bonchev–Trinajstić information content (AvgIpc) is 3.93. The van der Waals surface area contributed by atoms with E-state index in [0.29, 0.717) is 38.4 Å². The Morgan fingerprint density at radius 3 is 1.46 bits per heavy atom. The zero-order valence-electron chi connectivity index (χ0n) is 39.8. The van der Waals surface area contributed by atoms with Gasteiger partial charge in [0.05, 0.1) is 12.5 Å². The molecule has 4 atom stereocenters. The van der Waals surface area contributed by atoms with Crippen molar-refractivity contribution < 1.29 is 26.4 Å². The van der Waals surface area contributed by atoms with Gasteiger partial charge in [-0.1, -0.05) is 111 Å². The molecule has 364 valence electrons. The first kappa shape index (κ1) is 52.2. The number of para-hydroxylation sites is 2. The Labute approximate surface area is 405 Å². The number of nitrogens with one attached hydrogen (secondary N) is 1. The number of hydrogen-bond acceptors (Lipinski definition) is 9. The van der Waals surface area contributed by atoms with E-state index < -0.39 is 19.1 Å². The molecule has 0 spiro atoms. The number of sulfonamides is 1. The highest BCUT2D eigenvalue weighted by Crippen LogP contribution is 2.45. The molecule has 15 heteroatoms. The number of likely N-dealkylation sites (tertiary alicyclic amines) is 2. The van der Waals surface area contributed by atoms with E-state index >= 15 is 0 Å². The van der Waals surface area contributed by atoms with Crippen molar-refractivity contribution in [3.8, 4) is 0 Å². The summed E-state index contributed by atoms with van der Waals surface area (Å²) in [5.74, 6) is 1.19. The SMILES string of the molecule is CCC(=O)N(CC12CN(CCc3ccccc3)CCC1CN(S(C)(=O)=O)C2)c1ccccc1.CCC(=O)N(CC12CNCC1CCN(CCc1ccccc1)C2)c1ccccc1.CS(=O)(=O)Cl. The summed E-state index contributed by atoms with van der Waals surface area (Å²) in [6, 6.07) is 41.2. The van der Waals surface area contributed by atoms with Crippen molar-refractivity contribution >= 4 is 52.9 Å². The molecule has 4 aliphatic heterocycles. The molecule has 0 aliphatic carbocycles. The van der Waals surface area contributed by atoms with Crippen LogP contribution in [-0.4, -0.2) is 134 Å². The van der Waals surface area contributed by atoms with E-state index in [2.05, 4.69) is 92.5 Å². The molecule has 0 saturated carbocycles. The van der Waals surface area contributed by atoms with E-state index in [9.17, 15) is 26.4 Å². The molecule has 4 heterocycles. The summed E-state index contributed by atoms with van der Waals surface area (Å²) in [5.41, 5.74) is 4.48. The van der Waals surface area contributed by atoms with Crippen LogP contribution in [0.5, 0.6) is 0 Å². The fourth-order valence-corrected chi connectivity index (χ4v) is 11.5. The highest BCUT2D eigenvalue weighted by atomic mass is 35.7. The Bertz CT molecular complexity index is 2400. The smallest absolute Gasteiger partial charge is 0.229 e. The van der Waals surface area contributed by atoms with E-state index in [1.165, 1.54) is 23.8 Å². The Morgan fingerprint density at radius 2 is 1.03 bits per heavy atom. The van der Waals surface area contributed by atoms with Gasteiger partial charge in [-0.2, -0.15) is 0 Å².